The van der Waals surface area contributed by atoms with E-state index in [9.17, 15) is 4.79 Å². The summed E-state index contributed by atoms with van der Waals surface area (Å²) in [5.41, 5.74) is 1.05. The molecule has 0 saturated carbocycles. The van der Waals surface area contributed by atoms with Gasteiger partial charge < -0.3 is 14.0 Å². The van der Waals surface area contributed by atoms with E-state index in [2.05, 4.69) is 30.3 Å². The summed E-state index contributed by atoms with van der Waals surface area (Å²) in [5.74, 6) is 1.59. The maximum absolute atomic E-state index is 12.7. The lowest BCUT2D eigenvalue weighted by Crippen LogP contribution is -2.20. The quantitative estimate of drug-likeness (QED) is 0.776. The lowest BCUT2D eigenvalue weighted by atomic mass is 9.98. The summed E-state index contributed by atoms with van der Waals surface area (Å²) in [4.78, 5) is 17.9. The molecule has 1 aromatic carbocycles. The first-order chi connectivity index (χ1) is 12.2. The number of fused-ring (bicyclic) bond motifs is 2. The predicted octanol–water partition coefficient (Wildman–Crippen LogP) is 4.14. The second-order valence-corrected chi connectivity index (χ2v) is 7.33. The topological polar surface area (TPSA) is 52.8 Å². The van der Waals surface area contributed by atoms with E-state index in [0.29, 0.717) is 13.2 Å². The minimum atomic E-state index is 0.00900. The molecule has 1 aliphatic rings. The molecule has 0 unspecified atom stereocenters. The molecule has 0 N–H and O–H groups in total. The molecule has 0 atom stereocenters. The number of hydrogen-bond donors (Lipinski definition) is 0. The number of carbonyl (C=O) groups is 1. The van der Waals surface area contributed by atoms with E-state index in [1.165, 1.54) is 0 Å². The third-order valence-corrected chi connectivity index (χ3v) is 5.53. The van der Waals surface area contributed by atoms with Crippen LogP contribution in [0.15, 0.2) is 17.1 Å². The molecule has 2 aromatic rings. The number of hydrogen-bond acceptors (Lipinski definition) is 4. The fourth-order valence-corrected chi connectivity index (χ4v) is 4.38. The zero-order chi connectivity index (χ0) is 17.8. The highest BCUT2D eigenvalue weighted by Gasteiger charge is 2.18. The van der Waals surface area contributed by atoms with Gasteiger partial charge in [-0.25, -0.2) is 0 Å². The molecule has 1 aromatic heterocycles. The molecule has 0 radical (unpaired) electrons. The molecule has 0 fully saturated rings. The van der Waals surface area contributed by atoms with E-state index in [-0.39, 0.29) is 11.8 Å². The van der Waals surface area contributed by atoms with Gasteiger partial charge in [-0.2, -0.15) is 4.99 Å². The van der Waals surface area contributed by atoms with Gasteiger partial charge in [0, 0.05) is 24.6 Å². The minimum absolute atomic E-state index is 0.00900. The van der Waals surface area contributed by atoms with Crippen LogP contribution in [0.2, 0.25) is 0 Å². The Morgan fingerprint density at radius 2 is 1.80 bits per heavy atom. The Morgan fingerprint density at radius 3 is 2.40 bits per heavy atom. The molecule has 2 heterocycles. The van der Waals surface area contributed by atoms with Crippen molar-refractivity contribution in [2.75, 3.05) is 13.2 Å². The van der Waals surface area contributed by atoms with E-state index in [1.54, 1.807) is 11.3 Å². The normalized spacial score (nSPS) is 14.5. The van der Waals surface area contributed by atoms with Crippen LogP contribution in [-0.4, -0.2) is 23.7 Å². The zero-order valence-electron chi connectivity index (χ0n) is 15.2. The van der Waals surface area contributed by atoms with Crippen molar-refractivity contribution in [1.29, 1.82) is 0 Å². The Labute approximate surface area is 152 Å². The molecule has 0 spiro atoms. The van der Waals surface area contributed by atoms with Gasteiger partial charge in [0.25, 0.3) is 5.91 Å². The van der Waals surface area contributed by atoms with Gasteiger partial charge in [0.15, 0.2) is 16.3 Å². The fraction of sp³-hybridized carbons (Fsp3) is 0.579. The van der Waals surface area contributed by atoms with Crippen LogP contribution in [0.5, 0.6) is 11.5 Å². The zero-order valence-corrected chi connectivity index (χ0v) is 16.0. The summed E-state index contributed by atoms with van der Waals surface area (Å²) < 4.78 is 14.5. The van der Waals surface area contributed by atoms with E-state index < -0.39 is 0 Å². The van der Waals surface area contributed by atoms with Gasteiger partial charge in [-0.05, 0) is 19.8 Å². The van der Waals surface area contributed by atoms with Crippen LogP contribution in [0.1, 0.15) is 46.5 Å². The Hall–Kier alpha value is -1.82. The van der Waals surface area contributed by atoms with Crippen molar-refractivity contribution in [2.45, 2.75) is 53.0 Å². The molecule has 0 saturated heterocycles. The summed E-state index contributed by atoms with van der Waals surface area (Å²) in [6.07, 6.45) is 3.83. The Kier molecular flexibility index (Phi) is 5.78. The molecule has 0 aliphatic carbocycles. The third kappa shape index (κ3) is 3.73. The maximum atomic E-state index is 12.7. The lowest BCUT2D eigenvalue weighted by Gasteiger charge is -2.18. The van der Waals surface area contributed by atoms with Crippen molar-refractivity contribution >= 4 is 27.5 Å². The molecule has 25 heavy (non-hydrogen) atoms. The van der Waals surface area contributed by atoms with Crippen LogP contribution >= 0.6 is 11.3 Å². The summed E-state index contributed by atoms with van der Waals surface area (Å²) >= 11 is 1.54. The average molecular weight is 362 g/mol. The third-order valence-electron chi connectivity index (χ3n) is 4.49. The molecule has 6 heteroatoms. The molecular weight excluding hydrogens is 336 g/mol. The molecule has 5 nitrogen and oxygen atoms in total. The van der Waals surface area contributed by atoms with Crippen LogP contribution in [-0.2, 0) is 11.3 Å². The number of nitrogens with zero attached hydrogens (tertiary/aromatic N) is 2. The SMILES string of the molecule is CCCC(CCC)C(=O)N=c1sc2cc3c(cc2n1CC)OCCO3. The molecule has 3 rings (SSSR count). The van der Waals surface area contributed by atoms with Crippen molar-refractivity contribution in [2.24, 2.45) is 10.9 Å². The van der Waals surface area contributed by atoms with Crippen LogP contribution in [0, 0.1) is 5.92 Å². The number of ether oxygens (including phenoxy) is 2. The van der Waals surface area contributed by atoms with Crippen LogP contribution in [0.4, 0.5) is 0 Å². The molecule has 0 bridgehead atoms. The summed E-state index contributed by atoms with van der Waals surface area (Å²) in [7, 11) is 0. The van der Waals surface area contributed by atoms with Crippen LogP contribution in [0.25, 0.3) is 10.2 Å². The number of thiazole rings is 1. The first-order valence-electron chi connectivity index (χ1n) is 9.19. The highest BCUT2D eigenvalue weighted by atomic mass is 32.1. The van der Waals surface area contributed by atoms with Crippen LogP contribution < -0.4 is 14.3 Å². The van der Waals surface area contributed by atoms with Gasteiger partial charge >= 0.3 is 0 Å². The lowest BCUT2D eigenvalue weighted by molar-refractivity contribution is -0.122. The number of aromatic nitrogens is 1. The van der Waals surface area contributed by atoms with Gasteiger partial charge in [-0.1, -0.05) is 38.0 Å². The average Bonchev–Trinajstić information content (AvgIpc) is 2.95. The van der Waals surface area contributed by atoms with Gasteiger partial charge in [0.1, 0.15) is 13.2 Å². The largest absolute Gasteiger partial charge is 0.486 e. The summed E-state index contributed by atoms with van der Waals surface area (Å²) in [5, 5.41) is 0. The Bertz CT molecular complexity index is 816. The predicted molar refractivity (Wildman–Crippen MR) is 100 cm³/mol. The van der Waals surface area contributed by atoms with Crippen molar-refractivity contribution in [3.8, 4) is 11.5 Å². The first kappa shape index (κ1) is 18.0. The fourth-order valence-electron chi connectivity index (χ4n) is 3.27. The van der Waals surface area contributed by atoms with E-state index in [1.807, 2.05) is 12.1 Å². The van der Waals surface area contributed by atoms with Gasteiger partial charge in [0.05, 0.1) is 10.2 Å². The van der Waals surface area contributed by atoms with Crippen molar-refractivity contribution < 1.29 is 14.3 Å². The summed E-state index contributed by atoms with van der Waals surface area (Å²) in [6.45, 7) is 8.21. The smallest absolute Gasteiger partial charge is 0.251 e. The van der Waals surface area contributed by atoms with Crippen LogP contribution in [0.3, 0.4) is 0 Å². The van der Waals surface area contributed by atoms with E-state index >= 15 is 0 Å². The van der Waals surface area contributed by atoms with Gasteiger partial charge in [-0.15, -0.1) is 0 Å². The molecule has 1 amide bonds. The standard InChI is InChI=1S/C19H26N2O3S/c1-4-7-13(8-5-2)18(22)20-19-21(6-3)14-11-15-16(12-17(14)25-19)24-10-9-23-15/h11-13H,4-10H2,1-3H3. The second kappa shape index (κ2) is 8.04. The number of carbonyl (C=O) groups excluding carboxylic acids is 1. The number of benzene rings is 1. The maximum Gasteiger partial charge on any atom is 0.251 e. The number of rotatable bonds is 6. The Balaban J connectivity index is 2.04. The van der Waals surface area contributed by atoms with Crippen molar-refractivity contribution in [1.82, 2.24) is 4.57 Å². The molecular formula is C19H26N2O3S. The monoisotopic (exact) mass is 362 g/mol. The Morgan fingerprint density at radius 1 is 1.16 bits per heavy atom. The van der Waals surface area contributed by atoms with E-state index in [0.717, 1.165) is 58.7 Å². The van der Waals surface area contributed by atoms with Gasteiger partial charge in [0.2, 0.25) is 0 Å². The molecule has 1 aliphatic heterocycles. The second-order valence-electron chi connectivity index (χ2n) is 6.32. The highest BCUT2D eigenvalue weighted by Crippen LogP contribution is 2.35. The molecule has 136 valence electrons. The number of aryl methyl sites for hydroxylation is 1. The number of amides is 1. The van der Waals surface area contributed by atoms with Crippen molar-refractivity contribution in [3.05, 3.63) is 16.9 Å². The van der Waals surface area contributed by atoms with Crippen molar-refractivity contribution in [3.63, 3.8) is 0 Å². The van der Waals surface area contributed by atoms with E-state index in [4.69, 9.17) is 9.47 Å². The van der Waals surface area contributed by atoms with Gasteiger partial charge in [-0.3, -0.25) is 4.79 Å². The minimum Gasteiger partial charge on any atom is -0.486 e. The summed E-state index contributed by atoms with van der Waals surface area (Å²) in [6, 6.07) is 4.00. The first-order valence-corrected chi connectivity index (χ1v) is 10.0. The highest BCUT2D eigenvalue weighted by molar-refractivity contribution is 7.16.